The zero-order valence-electron chi connectivity index (χ0n) is 11.6. The van der Waals surface area contributed by atoms with Crippen LogP contribution in [0.5, 0.6) is 0 Å². The molecule has 0 N–H and O–H groups in total. The smallest absolute Gasteiger partial charge is 0.261 e. The Bertz CT molecular complexity index is 651. The second kappa shape index (κ2) is 6.83. The Hall–Kier alpha value is -1.01. The Morgan fingerprint density at radius 2 is 1.43 bits per heavy atom. The van der Waals surface area contributed by atoms with Crippen molar-refractivity contribution in [2.24, 2.45) is 0 Å². The van der Waals surface area contributed by atoms with Crippen molar-refractivity contribution in [2.45, 2.75) is 5.79 Å². The van der Waals surface area contributed by atoms with Gasteiger partial charge in [0.2, 0.25) is 5.78 Å². The van der Waals surface area contributed by atoms with Crippen molar-refractivity contribution < 1.29 is 14.3 Å². The van der Waals surface area contributed by atoms with Gasteiger partial charge >= 0.3 is 0 Å². The largest absolute Gasteiger partial charge is 0.343 e. The van der Waals surface area contributed by atoms with Crippen molar-refractivity contribution in [3.63, 3.8) is 0 Å². The average molecular weight is 414 g/mol. The fourth-order valence-corrected chi connectivity index (χ4v) is 3.17. The number of rotatable bonds is 5. The van der Waals surface area contributed by atoms with E-state index in [0.717, 1.165) is 4.47 Å². The highest BCUT2D eigenvalue weighted by atomic mass is 79.9. The van der Waals surface area contributed by atoms with Crippen LogP contribution in [0.15, 0.2) is 57.5 Å². The first-order valence-electron chi connectivity index (χ1n) is 6.21. The molecule has 21 heavy (non-hydrogen) atoms. The number of methoxy groups -OCH3 is 2. The Morgan fingerprint density at radius 3 is 1.95 bits per heavy atom. The van der Waals surface area contributed by atoms with Gasteiger partial charge in [-0.15, -0.1) is 0 Å². The van der Waals surface area contributed by atoms with Crippen LogP contribution >= 0.6 is 31.9 Å². The number of hydrogen-bond donors (Lipinski definition) is 0. The highest BCUT2D eigenvalue weighted by Crippen LogP contribution is 2.36. The summed E-state index contributed by atoms with van der Waals surface area (Å²) in [5, 5.41) is 0. The summed E-state index contributed by atoms with van der Waals surface area (Å²) in [6.07, 6.45) is 0. The Balaban J connectivity index is 2.61. The standard InChI is InChI=1S/C16H14Br2O3/c1-20-16(21-2,12-8-4-6-10-14(12)18)15(19)11-7-3-5-9-13(11)17/h3-10H,1-2H3. The quantitative estimate of drug-likeness (QED) is 0.533. The van der Waals surface area contributed by atoms with Crippen LogP contribution < -0.4 is 0 Å². The van der Waals surface area contributed by atoms with E-state index in [1.807, 2.05) is 30.3 Å². The molecule has 0 heterocycles. The second-order valence-corrected chi connectivity index (χ2v) is 6.02. The Kier molecular flexibility index (Phi) is 5.32. The lowest BCUT2D eigenvalue weighted by Gasteiger charge is -2.30. The molecule has 2 aromatic rings. The molecule has 2 aromatic carbocycles. The van der Waals surface area contributed by atoms with Gasteiger partial charge in [-0.05, 0) is 12.1 Å². The van der Waals surface area contributed by atoms with Gasteiger partial charge in [-0.3, -0.25) is 4.79 Å². The van der Waals surface area contributed by atoms with E-state index >= 15 is 0 Å². The van der Waals surface area contributed by atoms with E-state index in [2.05, 4.69) is 31.9 Å². The van der Waals surface area contributed by atoms with Crippen LogP contribution in [0.3, 0.4) is 0 Å². The molecule has 0 aromatic heterocycles. The normalized spacial score (nSPS) is 11.4. The van der Waals surface area contributed by atoms with Gasteiger partial charge in [0.25, 0.3) is 5.79 Å². The van der Waals surface area contributed by atoms with E-state index in [0.29, 0.717) is 15.6 Å². The minimum Gasteiger partial charge on any atom is -0.343 e. The highest BCUT2D eigenvalue weighted by Gasteiger charge is 2.43. The fourth-order valence-electron chi connectivity index (χ4n) is 2.16. The number of carbonyl (C=O) groups excluding carboxylic acids is 1. The lowest BCUT2D eigenvalue weighted by molar-refractivity contribution is -0.176. The molecule has 0 atom stereocenters. The molecule has 0 amide bonds. The number of carbonyl (C=O) groups is 1. The van der Waals surface area contributed by atoms with Crippen molar-refractivity contribution in [1.82, 2.24) is 0 Å². The molecule has 0 saturated heterocycles. The van der Waals surface area contributed by atoms with Gasteiger partial charge < -0.3 is 9.47 Å². The summed E-state index contributed by atoms with van der Waals surface area (Å²) in [6.45, 7) is 0. The van der Waals surface area contributed by atoms with E-state index in [4.69, 9.17) is 9.47 Å². The van der Waals surface area contributed by atoms with Crippen molar-refractivity contribution in [2.75, 3.05) is 14.2 Å². The van der Waals surface area contributed by atoms with Gasteiger partial charge in [0.05, 0.1) is 0 Å². The van der Waals surface area contributed by atoms with Crippen LogP contribution in [0, 0.1) is 0 Å². The molecule has 0 fully saturated rings. The van der Waals surface area contributed by atoms with Gasteiger partial charge in [0.1, 0.15) is 0 Å². The lowest BCUT2D eigenvalue weighted by Crippen LogP contribution is -2.40. The van der Waals surface area contributed by atoms with Crippen molar-refractivity contribution in [3.05, 3.63) is 68.6 Å². The lowest BCUT2D eigenvalue weighted by atomic mass is 9.96. The van der Waals surface area contributed by atoms with Crippen molar-refractivity contribution in [1.29, 1.82) is 0 Å². The Morgan fingerprint density at radius 1 is 0.905 bits per heavy atom. The third kappa shape index (κ3) is 2.97. The summed E-state index contributed by atoms with van der Waals surface area (Å²) >= 11 is 6.84. The van der Waals surface area contributed by atoms with Crippen LogP contribution in [0.2, 0.25) is 0 Å². The second-order valence-electron chi connectivity index (χ2n) is 4.31. The number of ether oxygens (including phenoxy) is 2. The van der Waals surface area contributed by atoms with Crippen LogP contribution in [0.4, 0.5) is 0 Å². The van der Waals surface area contributed by atoms with Crippen LogP contribution in [-0.2, 0) is 15.3 Å². The van der Waals surface area contributed by atoms with Crippen LogP contribution in [0.1, 0.15) is 15.9 Å². The fraction of sp³-hybridized carbons (Fsp3) is 0.188. The molecule has 110 valence electrons. The molecule has 3 nitrogen and oxygen atoms in total. The zero-order valence-corrected chi connectivity index (χ0v) is 14.8. The van der Waals surface area contributed by atoms with Crippen LogP contribution in [0.25, 0.3) is 0 Å². The first-order valence-corrected chi connectivity index (χ1v) is 7.80. The summed E-state index contributed by atoms with van der Waals surface area (Å²) in [5.41, 5.74) is 1.12. The first-order chi connectivity index (χ1) is 10.1. The first kappa shape index (κ1) is 16.4. The molecular formula is C16H14Br2O3. The van der Waals surface area contributed by atoms with Gasteiger partial charge in [0, 0.05) is 34.3 Å². The molecule has 5 heteroatoms. The topological polar surface area (TPSA) is 35.5 Å². The predicted octanol–water partition coefficient (Wildman–Crippen LogP) is 4.54. The third-order valence-corrected chi connectivity index (χ3v) is 4.60. The summed E-state index contributed by atoms with van der Waals surface area (Å²) in [4.78, 5) is 13.0. The molecule has 0 unspecified atom stereocenters. The van der Waals surface area contributed by atoms with E-state index in [1.165, 1.54) is 14.2 Å². The molecule has 0 spiro atoms. The average Bonchev–Trinajstić information content (AvgIpc) is 2.51. The number of benzene rings is 2. The minimum atomic E-state index is -1.50. The third-order valence-electron chi connectivity index (χ3n) is 3.22. The minimum absolute atomic E-state index is 0.271. The van der Waals surface area contributed by atoms with E-state index in [9.17, 15) is 4.79 Å². The number of ketones is 1. The van der Waals surface area contributed by atoms with Gasteiger partial charge in [0.15, 0.2) is 0 Å². The number of halogens is 2. The van der Waals surface area contributed by atoms with Crippen molar-refractivity contribution >= 4 is 37.6 Å². The Labute approximate surface area is 140 Å². The molecule has 0 aliphatic carbocycles. The van der Waals surface area contributed by atoms with Crippen molar-refractivity contribution in [3.8, 4) is 0 Å². The molecule has 0 saturated carbocycles. The van der Waals surface area contributed by atoms with Gasteiger partial charge in [-0.25, -0.2) is 0 Å². The summed E-state index contributed by atoms with van der Waals surface area (Å²) in [7, 11) is 2.91. The highest BCUT2D eigenvalue weighted by molar-refractivity contribution is 9.10. The molecular weight excluding hydrogens is 400 g/mol. The van der Waals surface area contributed by atoms with E-state index in [1.54, 1.807) is 18.2 Å². The molecule has 0 bridgehead atoms. The maximum absolute atomic E-state index is 13.0. The predicted molar refractivity (Wildman–Crippen MR) is 88.3 cm³/mol. The molecule has 2 rings (SSSR count). The maximum Gasteiger partial charge on any atom is 0.261 e. The molecule has 0 aliphatic heterocycles. The summed E-state index contributed by atoms with van der Waals surface area (Å²) in [6, 6.07) is 14.5. The maximum atomic E-state index is 13.0. The summed E-state index contributed by atoms with van der Waals surface area (Å²) in [5.74, 6) is -1.77. The number of hydrogen-bond acceptors (Lipinski definition) is 3. The number of Topliss-reactive ketones (excluding diaryl/α,β-unsaturated/α-hetero) is 1. The monoisotopic (exact) mass is 412 g/mol. The van der Waals surface area contributed by atoms with Crippen LogP contribution in [-0.4, -0.2) is 20.0 Å². The zero-order chi connectivity index (χ0) is 15.5. The summed E-state index contributed by atoms with van der Waals surface area (Å²) < 4.78 is 12.4. The van der Waals surface area contributed by atoms with E-state index < -0.39 is 5.79 Å². The van der Waals surface area contributed by atoms with Gasteiger partial charge in [-0.1, -0.05) is 68.3 Å². The van der Waals surface area contributed by atoms with Gasteiger partial charge in [-0.2, -0.15) is 0 Å². The van der Waals surface area contributed by atoms with E-state index in [-0.39, 0.29) is 5.78 Å². The molecule has 0 aliphatic rings. The SMILES string of the molecule is COC(OC)(C(=O)c1ccccc1Br)c1ccccc1Br. The molecule has 0 radical (unpaired) electrons.